The Kier molecular flexibility index (Phi) is 12.0. The van der Waals surface area contributed by atoms with E-state index in [2.05, 4.69) is 42.1 Å². The van der Waals surface area contributed by atoms with Crippen LogP contribution in [0.2, 0.25) is 10.0 Å². The molecule has 2 aromatic carbocycles. The summed E-state index contributed by atoms with van der Waals surface area (Å²) in [4.78, 5) is 25.8. The van der Waals surface area contributed by atoms with Crippen molar-refractivity contribution in [2.75, 3.05) is 13.2 Å². The molecule has 4 aromatic heterocycles. The van der Waals surface area contributed by atoms with Crippen LogP contribution in [-0.4, -0.2) is 52.3 Å². The van der Waals surface area contributed by atoms with Crippen LogP contribution in [0.5, 0.6) is 0 Å². The highest BCUT2D eigenvalue weighted by Gasteiger charge is 2.26. The first-order valence-corrected chi connectivity index (χ1v) is 19.9. The maximum Gasteiger partial charge on any atom is 0.297 e. The van der Waals surface area contributed by atoms with Crippen LogP contribution in [0.15, 0.2) is 91.6 Å². The van der Waals surface area contributed by atoms with Crippen molar-refractivity contribution in [3.8, 4) is 33.9 Å². The molecule has 6 aromatic rings. The molecule has 0 bridgehead atoms. The second-order valence-electron chi connectivity index (χ2n) is 13.0. The van der Waals surface area contributed by atoms with E-state index in [0.717, 1.165) is 81.4 Å². The molecule has 2 unspecified atom stereocenters. The summed E-state index contributed by atoms with van der Waals surface area (Å²) in [5.41, 5.74) is 5.49. The molecule has 6 heterocycles. The Morgan fingerprint density at radius 1 is 0.667 bits per heavy atom. The molecule has 2 aliphatic heterocycles. The minimum Gasteiger partial charge on any atom is -0.356 e. The van der Waals surface area contributed by atoms with E-state index in [1.54, 1.807) is 15.6 Å². The lowest BCUT2D eigenvalue weighted by molar-refractivity contribution is -0.0425. The van der Waals surface area contributed by atoms with Crippen LogP contribution in [0, 0.1) is 13.8 Å². The fourth-order valence-corrected chi connectivity index (χ4v) is 7.20. The molecule has 0 radical (unpaired) electrons. The summed E-state index contributed by atoms with van der Waals surface area (Å²) < 4.78 is 19.5. The van der Waals surface area contributed by atoms with Crippen LogP contribution < -0.4 is 11.1 Å². The van der Waals surface area contributed by atoms with E-state index in [1.807, 2.05) is 74.5 Å². The summed E-state index contributed by atoms with van der Waals surface area (Å²) in [5, 5.41) is 18.4. The Morgan fingerprint density at radius 2 is 1.15 bits per heavy atom. The average molecular weight is 899 g/mol. The third-order valence-electron chi connectivity index (χ3n) is 9.21. The van der Waals surface area contributed by atoms with Gasteiger partial charge in [0.25, 0.3) is 11.1 Å². The van der Waals surface area contributed by atoms with Crippen LogP contribution in [-0.2, 0) is 9.47 Å². The van der Waals surface area contributed by atoms with Crippen molar-refractivity contribution in [1.29, 1.82) is 0 Å². The van der Waals surface area contributed by atoms with Gasteiger partial charge in [-0.2, -0.15) is 29.8 Å². The number of nitrogens with zero attached hydrogens (tertiary/aromatic N) is 8. The Hall–Kier alpha value is -3.92. The molecule has 12 nitrogen and oxygen atoms in total. The first-order valence-electron chi connectivity index (χ1n) is 17.5. The summed E-state index contributed by atoms with van der Waals surface area (Å²) in [6.07, 6.45) is 7.89. The fourth-order valence-electron chi connectivity index (χ4n) is 6.41. The van der Waals surface area contributed by atoms with Crippen molar-refractivity contribution >= 4 is 55.1 Å². The SMILES string of the molecule is Cc1cc(-c2ccc(Br)cc2)nn1-c1cnn(C2CCCCO2)c(=O)c1-n1nc(-c2ccc(Br)cc2)cc1C.O=c1c(Cl)c(Cl)cnn1C1CCCCO1. The van der Waals surface area contributed by atoms with E-state index in [9.17, 15) is 9.59 Å². The molecular weight excluding hydrogens is 863 g/mol. The van der Waals surface area contributed by atoms with Gasteiger partial charge in [0.15, 0.2) is 18.1 Å². The lowest BCUT2D eigenvalue weighted by Crippen LogP contribution is -2.34. The van der Waals surface area contributed by atoms with Gasteiger partial charge in [-0.15, -0.1) is 0 Å². The molecule has 2 fully saturated rings. The van der Waals surface area contributed by atoms with E-state index in [-0.39, 0.29) is 21.8 Å². The summed E-state index contributed by atoms with van der Waals surface area (Å²) >= 11 is 18.4. The highest BCUT2D eigenvalue weighted by Crippen LogP contribution is 2.29. The maximum absolute atomic E-state index is 14.1. The minimum absolute atomic E-state index is 0.000778. The highest BCUT2D eigenvalue weighted by molar-refractivity contribution is 9.10. The van der Waals surface area contributed by atoms with Crippen molar-refractivity contribution in [2.24, 2.45) is 0 Å². The first kappa shape index (κ1) is 38.4. The molecular formula is C38H36Br2Cl2N8O4. The lowest BCUT2D eigenvalue weighted by atomic mass is 10.1. The monoisotopic (exact) mass is 896 g/mol. The lowest BCUT2D eigenvalue weighted by Gasteiger charge is -2.24. The Bertz CT molecular complexity index is 2380. The standard InChI is InChI=1S/C29H26Br2N6O2.C9H10Cl2N2O2/c1-18-15-24(20-6-10-22(30)11-7-20)33-35(18)26-17-32-37(27-5-3-4-14-39-27)29(38)28(26)36-19(2)16-25(34-36)21-8-12-23(31)13-9-21;10-6-5-12-13(9(14)8(6)11)7-3-1-2-4-15-7/h6-13,15-17,27H,3-5,14H2,1-2H3;5,7H,1-4H2. The third-order valence-corrected chi connectivity index (χ3v) is 11.0. The molecule has 0 N–H and O–H groups in total. The number of benzene rings is 2. The van der Waals surface area contributed by atoms with E-state index >= 15 is 0 Å². The number of hydrogen-bond donors (Lipinski definition) is 0. The molecule has 0 spiro atoms. The number of aryl methyl sites for hydroxylation is 2. The molecule has 54 heavy (non-hydrogen) atoms. The van der Waals surface area contributed by atoms with Crippen molar-refractivity contribution in [1.82, 2.24) is 39.1 Å². The second kappa shape index (κ2) is 16.8. The van der Waals surface area contributed by atoms with E-state index in [0.29, 0.717) is 24.6 Å². The van der Waals surface area contributed by atoms with Crippen LogP contribution >= 0.6 is 55.1 Å². The predicted molar refractivity (Wildman–Crippen MR) is 215 cm³/mol. The predicted octanol–water partition coefficient (Wildman–Crippen LogP) is 9.04. The Morgan fingerprint density at radius 3 is 1.67 bits per heavy atom. The van der Waals surface area contributed by atoms with Gasteiger partial charge in [0.2, 0.25) is 0 Å². The van der Waals surface area contributed by atoms with Crippen molar-refractivity contribution in [3.63, 3.8) is 0 Å². The van der Waals surface area contributed by atoms with Gasteiger partial charge in [0, 0.05) is 44.7 Å². The van der Waals surface area contributed by atoms with Crippen molar-refractivity contribution in [3.05, 3.63) is 124 Å². The molecule has 16 heteroatoms. The summed E-state index contributed by atoms with van der Waals surface area (Å²) in [6, 6.07) is 19.9. The maximum atomic E-state index is 14.1. The van der Waals surface area contributed by atoms with E-state index < -0.39 is 11.8 Å². The smallest absolute Gasteiger partial charge is 0.297 e. The highest BCUT2D eigenvalue weighted by atomic mass is 79.9. The number of rotatable bonds is 6. The van der Waals surface area contributed by atoms with Crippen LogP contribution in [0.1, 0.15) is 62.4 Å². The van der Waals surface area contributed by atoms with Crippen LogP contribution in [0.3, 0.4) is 0 Å². The van der Waals surface area contributed by atoms with Gasteiger partial charge in [-0.25, -0.2) is 9.36 Å². The van der Waals surface area contributed by atoms with Gasteiger partial charge in [-0.05, 0) is 88.8 Å². The van der Waals surface area contributed by atoms with Crippen LogP contribution in [0.25, 0.3) is 33.9 Å². The second-order valence-corrected chi connectivity index (χ2v) is 15.6. The number of hydrogen-bond acceptors (Lipinski definition) is 8. The van der Waals surface area contributed by atoms with Crippen LogP contribution in [0.4, 0.5) is 0 Å². The normalized spacial score (nSPS) is 17.2. The van der Waals surface area contributed by atoms with Gasteiger partial charge in [-0.1, -0.05) is 79.3 Å². The number of halogens is 4. The molecule has 8 rings (SSSR count). The Labute approximate surface area is 337 Å². The molecule has 0 saturated carbocycles. The molecule has 280 valence electrons. The molecule has 2 atom stereocenters. The van der Waals surface area contributed by atoms with Gasteiger partial charge < -0.3 is 9.47 Å². The first-order chi connectivity index (χ1) is 26.1. The summed E-state index contributed by atoms with van der Waals surface area (Å²) in [7, 11) is 0. The fraction of sp³-hybridized carbons (Fsp3) is 0.316. The van der Waals surface area contributed by atoms with E-state index in [1.165, 1.54) is 15.6 Å². The zero-order valence-corrected chi connectivity index (χ0v) is 34.1. The van der Waals surface area contributed by atoms with Crippen molar-refractivity contribution < 1.29 is 9.47 Å². The molecule has 2 saturated heterocycles. The molecule has 2 aliphatic rings. The topological polar surface area (TPSA) is 124 Å². The quantitative estimate of drug-likeness (QED) is 0.162. The molecule has 0 amide bonds. The summed E-state index contributed by atoms with van der Waals surface area (Å²) in [6.45, 7) is 5.18. The van der Waals surface area contributed by atoms with Gasteiger partial charge in [-0.3, -0.25) is 9.59 Å². The third kappa shape index (κ3) is 8.19. The summed E-state index contributed by atoms with van der Waals surface area (Å²) in [5.74, 6) is 0. The minimum atomic E-state index is -0.405. The Balaban J connectivity index is 0.000000251. The zero-order valence-electron chi connectivity index (χ0n) is 29.5. The van der Waals surface area contributed by atoms with E-state index in [4.69, 9.17) is 42.9 Å². The average Bonchev–Trinajstić information content (AvgIpc) is 3.77. The van der Waals surface area contributed by atoms with Gasteiger partial charge >= 0.3 is 0 Å². The molecule has 0 aliphatic carbocycles. The zero-order chi connectivity index (χ0) is 37.9. The number of ether oxygens (including phenoxy) is 2. The van der Waals surface area contributed by atoms with Crippen molar-refractivity contribution in [2.45, 2.75) is 64.8 Å². The number of aromatic nitrogens is 8. The largest absolute Gasteiger partial charge is 0.356 e. The van der Waals surface area contributed by atoms with Gasteiger partial charge in [0.1, 0.15) is 10.7 Å². The van der Waals surface area contributed by atoms with Gasteiger partial charge in [0.05, 0.1) is 28.8 Å².